The molecule has 0 N–H and O–H groups in total. The van der Waals surface area contributed by atoms with E-state index in [1.165, 1.54) is 6.42 Å². The van der Waals surface area contributed by atoms with Crippen LogP contribution < -0.4 is 0 Å². The van der Waals surface area contributed by atoms with E-state index in [-0.39, 0.29) is 11.0 Å². The molecule has 2 spiro atoms. The molecule has 90 valence electrons. The van der Waals surface area contributed by atoms with E-state index in [2.05, 4.69) is 13.8 Å². The van der Waals surface area contributed by atoms with Crippen molar-refractivity contribution in [3.63, 3.8) is 0 Å². The second kappa shape index (κ2) is 3.32. The molecule has 1 aliphatic heterocycles. The van der Waals surface area contributed by atoms with Crippen LogP contribution in [0.5, 0.6) is 0 Å². The smallest absolute Gasteiger partial charge is 0.142 e. The largest absolute Gasteiger partial charge is 0.369 e. The molecule has 2 aliphatic carbocycles. The third-order valence-corrected chi connectivity index (χ3v) is 5.38. The van der Waals surface area contributed by atoms with Gasteiger partial charge in [0.2, 0.25) is 0 Å². The zero-order valence-electron chi connectivity index (χ0n) is 10.4. The van der Waals surface area contributed by atoms with E-state index in [0.29, 0.717) is 11.7 Å². The SMILES string of the molecule is CC(C)[C@H]1CCC(=O)[C@@]2(CCC[C@]23CO3)C1. The van der Waals surface area contributed by atoms with Crippen LogP contribution in [0.1, 0.15) is 52.4 Å². The summed E-state index contributed by atoms with van der Waals surface area (Å²) in [6, 6.07) is 0. The number of epoxide rings is 1. The van der Waals surface area contributed by atoms with E-state index in [9.17, 15) is 4.79 Å². The first-order valence-corrected chi connectivity index (χ1v) is 6.77. The molecule has 3 aliphatic rings. The van der Waals surface area contributed by atoms with Gasteiger partial charge in [0, 0.05) is 6.42 Å². The van der Waals surface area contributed by atoms with Gasteiger partial charge in [-0.25, -0.2) is 0 Å². The van der Waals surface area contributed by atoms with Crippen LogP contribution in [-0.2, 0) is 9.53 Å². The Bertz CT molecular complexity index is 317. The first-order chi connectivity index (χ1) is 7.60. The highest BCUT2D eigenvalue weighted by atomic mass is 16.6. The number of ketones is 1. The second-order valence-corrected chi connectivity index (χ2v) is 6.39. The lowest BCUT2D eigenvalue weighted by Crippen LogP contribution is -2.46. The quantitative estimate of drug-likeness (QED) is 0.638. The van der Waals surface area contributed by atoms with Crippen molar-refractivity contribution in [2.45, 2.75) is 58.0 Å². The molecule has 0 aromatic rings. The fraction of sp³-hybridized carbons (Fsp3) is 0.929. The van der Waals surface area contributed by atoms with Crippen LogP contribution in [0.25, 0.3) is 0 Å². The monoisotopic (exact) mass is 222 g/mol. The molecule has 0 aromatic carbocycles. The minimum atomic E-state index is -0.0693. The number of rotatable bonds is 1. The van der Waals surface area contributed by atoms with Gasteiger partial charge >= 0.3 is 0 Å². The minimum Gasteiger partial charge on any atom is -0.369 e. The maximum Gasteiger partial charge on any atom is 0.142 e. The van der Waals surface area contributed by atoms with Crippen LogP contribution in [0.4, 0.5) is 0 Å². The number of Topliss-reactive ketones (excluding diaryl/α,β-unsaturated/α-hetero) is 1. The van der Waals surface area contributed by atoms with Gasteiger partial charge in [0.15, 0.2) is 0 Å². The highest BCUT2D eigenvalue weighted by Gasteiger charge is 2.68. The minimum absolute atomic E-state index is 0.00234. The molecule has 0 unspecified atom stereocenters. The molecule has 0 aromatic heterocycles. The van der Waals surface area contributed by atoms with E-state index in [1.807, 2.05) is 0 Å². The van der Waals surface area contributed by atoms with Gasteiger partial charge in [0.05, 0.1) is 12.0 Å². The lowest BCUT2D eigenvalue weighted by atomic mass is 9.61. The van der Waals surface area contributed by atoms with Gasteiger partial charge in [-0.1, -0.05) is 13.8 Å². The summed E-state index contributed by atoms with van der Waals surface area (Å²) in [7, 11) is 0. The number of ether oxygens (including phenoxy) is 1. The van der Waals surface area contributed by atoms with Gasteiger partial charge in [0.1, 0.15) is 11.4 Å². The summed E-state index contributed by atoms with van der Waals surface area (Å²) in [5.74, 6) is 1.96. The topological polar surface area (TPSA) is 29.6 Å². The summed E-state index contributed by atoms with van der Waals surface area (Å²) in [4.78, 5) is 12.4. The Balaban J connectivity index is 1.89. The van der Waals surface area contributed by atoms with Crippen LogP contribution in [0.3, 0.4) is 0 Å². The molecule has 3 rings (SSSR count). The highest BCUT2D eigenvalue weighted by Crippen LogP contribution is 2.62. The Morgan fingerprint density at radius 3 is 2.75 bits per heavy atom. The Hall–Kier alpha value is -0.370. The van der Waals surface area contributed by atoms with E-state index in [4.69, 9.17) is 4.74 Å². The van der Waals surface area contributed by atoms with Crippen molar-refractivity contribution in [2.24, 2.45) is 17.3 Å². The molecule has 2 heteroatoms. The molecule has 2 nitrogen and oxygen atoms in total. The van der Waals surface area contributed by atoms with Gasteiger partial charge < -0.3 is 4.74 Å². The lowest BCUT2D eigenvalue weighted by Gasteiger charge is -2.41. The van der Waals surface area contributed by atoms with E-state index < -0.39 is 0 Å². The Labute approximate surface area is 97.7 Å². The molecule has 0 bridgehead atoms. The molecule has 3 atom stereocenters. The molecule has 1 saturated heterocycles. The van der Waals surface area contributed by atoms with Crippen molar-refractivity contribution in [1.82, 2.24) is 0 Å². The average molecular weight is 222 g/mol. The van der Waals surface area contributed by atoms with Crippen LogP contribution in [0.2, 0.25) is 0 Å². The van der Waals surface area contributed by atoms with E-state index in [1.54, 1.807) is 0 Å². The Morgan fingerprint density at radius 1 is 1.38 bits per heavy atom. The van der Waals surface area contributed by atoms with Crippen LogP contribution in [-0.4, -0.2) is 18.0 Å². The molecule has 16 heavy (non-hydrogen) atoms. The fourth-order valence-corrected chi connectivity index (χ4v) is 4.12. The maximum absolute atomic E-state index is 12.4. The van der Waals surface area contributed by atoms with Crippen molar-refractivity contribution in [3.8, 4) is 0 Å². The van der Waals surface area contributed by atoms with Gasteiger partial charge in [-0.3, -0.25) is 4.79 Å². The summed E-state index contributed by atoms with van der Waals surface area (Å²) >= 11 is 0. The first-order valence-electron chi connectivity index (χ1n) is 6.77. The standard InChI is InChI=1S/C14H22O2/c1-10(2)11-4-5-12(15)13(8-11)6-3-7-14(13)9-16-14/h10-11H,3-9H2,1-2H3/t11-,13+,14-/m0/s1. The predicted octanol–water partition coefficient (Wildman–Crippen LogP) is 2.95. The third-order valence-electron chi connectivity index (χ3n) is 5.38. The second-order valence-electron chi connectivity index (χ2n) is 6.39. The maximum atomic E-state index is 12.4. The fourth-order valence-electron chi connectivity index (χ4n) is 4.12. The van der Waals surface area contributed by atoms with E-state index >= 15 is 0 Å². The van der Waals surface area contributed by atoms with Gasteiger partial charge in [0.25, 0.3) is 0 Å². The zero-order valence-corrected chi connectivity index (χ0v) is 10.4. The lowest BCUT2D eigenvalue weighted by molar-refractivity contribution is -0.137. The number of carbonyl (C=O) groups is 1. The zero-order chi connectivity index (χ0) is 11.4. The van der Waals surface area contributed by atoms with Crippen molar-refractivity contribution >= 4 is 5.78 Å². The van der Waals surface area contributed by atoms with Gasteiger partial charge in [-0.2, -0.15) is 0 Å². The molecule has 2 saturated carbocycles. The molecule has 3 fully saturated rings. The number of fused-ring (bicyclic) bond motifs is 1. The average Bonchev–Trinajstić information content (AvgIpc) is 2.92. The van der Waals surface area contributed by atoms with Gasteiger partial charge in [-0.05, 0) is 43.9 Å². The molecular formula is C14H22O2. The summed E-state index contributed by atoms with van der Waals surface area (Å²) in [6.07, 6.45) is 6.42. The van der Waals surface area contributed by atoms with Gasteiger partial charge in [-0.15, -0.1) is 0 Å². The number of hydrogen-bond donors (Lipinski definition) is 0. The first kappa shape index (κ1) is 10.8. The summed E-state index contributed by atoms with van der Waals surface area (Å²) in [5, 5.41) is 0. The Morgan fingerprint density at radius 2 is 2.12 bits per heavy atom. The van der Waals surface area contributed by atoms with Crippen molar-refractivity contribution in [3.05, 3.63) is 0 Å². The normalized spacial score (nSPS) is 47.2. The molecule has 0 amide bonds. The van der Waals surface area contributed by atoms with Crippen LogP contribution >= 0.6 is 0 Å². The Kier molecular flexibility index (Phi) is 2.23. The van der Waals surface area contributed by atoms with Crippen LogP contribution in [0.15, 0.2) is 0 Å². The molecule has 0 radical (unpaired) electrons. The summed E-state index contributed by atoms with van der Waals surface area (Å²) < 4.78 is 5.73. The van der Waals surface area contributed by atoms with Crippen molar-refractivity contribution in [1.29, 1.82) is 0 Å². The molecular weight excluding hydrogens is 200 g/mol. The predicted molar refractivity (Wildman–Crippen MR) is 62.2 cm³/mol. The van der Waals surface area contributed by atoms with Crippen molar-refractivity contribution < 1.29 is 9.53 Å². The van der Waals surface area contributed by atoms with Crippen molar-refractivity contribution in [2.75, 3.05) is 6.61 Å². The summed E-state index contributed by atoms with van der Waals surface area (Å²) in [6.45, 7) is 5.44. The summed E-state index contributed by atoms with van der Waals surface area (Å²) in [5.41, 5.74) is -0.0716. The van der Waals surface area contributed by atoms with Crippen LogP contribution in [0, 0.1) is 17.3 Å². The number of hydrogen-bond acceptors (Lipinski definition) is 2. The molecule has 1 heterocycles. The third kappa shape index (κ3) is 1.25. The highest BCUT2D eigenvalue weighted by molar-refractivity contribution is 5.88. The van der Waals surface area contributed by atoms with E-state index in [0.717, 1.165) is 44.6 Å². The number of carbonyl (C=O) groups excluding carboxylic acids is 1.